The van der Waals surface area contributed by atoms with E-state index in [9.17, 15) is 14.4 Å². The normalized spacial score (nSPS) is 27.8. The number of fused-ring (bicyclic) bond motifs is 3. The molecule has 4 rings (SSSR count). The van der Waals surface area contributed by atoms with Gasteiger partial charge in [-0.25, -0.2) is 0 Å². The summed E-state index contributed by atoms with van der Waals surface area (Å²) in [7, 11) is 1.23. The molecule has 1 fully saturated rings. The molecule has 0 bridgehead atoms. The monoisotopic (exact) mass is 428 g/mol. The number of rotatable bonds is 4. The summed E-state index contributed by atoms with van der Waals surface area (Å²) >= 11 is 3.42. The molecule has 1 heterocycles. The average molecular weight is 429 g/mol. The first kappa shape index (κ1) is 17.9. The fraction of sp³-hybridized carbons (Fsp3) is 0.286. The van der Waals surface area contributed by atoms with E-state index in [1.54, 1.807) is 42.5 Å². The summed E-state index contributed by atoms with van der Waals surface area (Å²) in [6, 6.07) is 14.0. The minimum atomic E-state index is -1.66. The van der Waals surface area contributed by atoms with Crippen molar-refractivity contribution >= 4 is 33.7 Å². The fourth-order valence-electron chi connectivity index (χ4n) is 4.70. The number of esters is 2. The highest BCUT2D eigenvalue weighted by Gasteiger charge is 2.90. The standard InChI is InChI=1S/C21H17BrO5/c1-3-20(17(23)12-7-5-4-6-8-12)16-14-11-13(22)9-10-15(14)27-19(25)21(16,20)18(24)26-2/h4-11,16H,3H2,1-2H3/t16-,20-,21-/m1/s1. The molecule has 0 spiro atoms. The predicted octanol–water partition coefficient (Wildman–Crippen LogP) is 3.90. The van der Waals surface area contributed by atoms with Gasteiger partial charge in [-0.2, -0.15) is 0 Å². The molecule has 138 valence electrons. The van der Waals surface area contributed by atoms with Crippen molar-refractivity contribution < 1.29 is 23.9 Å². The van der Waals surface area contributed by atoms with Gasteiger partial charge in [-0.3, -0.25) is 14.4 Å². The number of carbonyl (C=O) groups is 3. The molecule has 2 aromatic rings. The molecule has 27 heavy (non-hydrogen) atoms. The van der Waals surface area contributed by atoms with Crippen molar-refractivity contribution in [3.05, 3.63) is 64.1 Å². The number of halogens is 1. The number of Topliss-reactive ketones (excluding diaryl/α,β-unsaturated/α-hetero) is 1. The maximum absolute atomic E-state index is 13.6. The Morgan fingerprint density at radius 1 is 1.19 bits per heavy atom. The van der Waals surface area contributed by atoms with E-state index in [1.807, 2.05) is 13.0 Å². The van der Waals surface area contributed by atoms with Gasteiger partial charge in [-0.05, 0) is 24.6 Å². The van der Waals surface area contributed by atoms with E-state index in [0.717, 1.165) is 4.47 Å². The van der Waals surface area contributed by atoms with Gasteiger partial charge in [0.15, 0.2) is 11.2 Å². The Labute approximate surface area is 164 Å². The molecule has 0 N–H and O–H groups in total. The number of ether oxygens (including phenoxy) is 2. The Hall–Kier alpha value is -2.47. The van der Waals surface area contributed by atoms with Gasteiger partial charge in [0, 0.05) is 21.5 Å². The Balaban J connectivity index is 1.97. The molecule has 0 saturated heterocycles. The average Bonchev–Trinajstić information content (AvgIpc) is 3.35. The second-order valence-corrected chi connectivity index (χ2v) is 7.74. The molecule has 1 aliphatic heterocycles. The quantitative estimate of drug-likeness (QED) is 0.319. The highest BCUT2D eigenvalue weighted by atomic mass is 79.9. The fourth-order valence-corrected chi connectivity index (χ4v) is 5.08. The first-order valence-corrected chi connectivity index (χ1v) is 9.44. The zero-order valence-electron chi connectivity index (χ0n) is 14.8. The van der Waals surface area contributed by atoms with Crippen molar-refractivity contribution in [1.29, 1.82) is 0 Å². The number of hydrogen-bond acceptors (Lipinski definition) is 5. The first-order chi connectivity index (χ1) is 12.9. The molecule has 1 aliphatic carbocycles. The van der Waals surface area contributed by atoms with Gasteiger partial charge in [0.1, 0.15) is 5.75 Å². The summed E-state index contributed by atoms with van der Waals surface area (Å²) in [6.45, 7) is 1.81. The predicted molar refractivity (Wildman–Crippen MR) is 100 cm³/mol. The minimum absolute atomic E-state index is 0.245. The molecule has 0 amide bonds. The zero-order chi connectivity index (χ0) is 19.4. The molecular weight excluding hydrogens is 412 g/mol. The lowest BCUT2D eigenvalue weighted by Gasteiger charge is -2.22. The van der Waals surface area contributed by atoms with E-state index < -0.39 is 28.7 Å². The SMILES string of the molecule is CC[C@]1(C(=O)c2ccccc2)[C@H]2c3cc(Br)ccc3OC(=O)[C@]21C(=O)OC. The second-order valence-electron chi connectivity index (χ2n) is 6.82. The summed E-state index contributed by atoms with van der Waals surface area (Å²) in [5, 5.41) is 0. The Bertz CT molecular complexity index is 970. The summed E-state index contributed by atoms with van der Waals surface area (Å²) in [5.41, 5.74) is -1.76. The third kappa shape index (κ3) is 2.07. The van der Waals surface area contributed by atoms with E-state index >= 15 is 0 Å². The Kier molecular flexibility index (Phi) is 4.00. The van der Waals surface area contributed by atoms with Crippen molar-refractivity contribution in [2.45, 2.75) is 19.3 Å². The van der Waals surface area contributed by atoms with Gasteiger partial charge in [0.25, 0.3) is 0 Å². The number of benzene rings is 2. The smallest absolute Gasteiger partial charge is 0.330 e. The van der Waals surface area contributed by atoms with Gasteiger partial charge in [0.05, 0.1) is 12.5 Å². The van der Waals surface area contributed by atoms with Crippen LogP contribution in [0, 0.1) is 10.8 Å². The zero-order valence-corrected chi connectivity index (χ0v) is 16.4. The maximum atomic E-state index is 13.6. The molecule has 2 aliphatic rings. The van der Waals surface area contributed by atoms with E-state index in [2.05, 4.69) is 15.9 Å². The van der Waals surface area contributed by atoms with Crippen molar-refractivity contribution in [1.82, 2.24) is 0 Å². The first-order valence-electron chi connectivity index (χ1n) is 8.65. The van der Waals surface area contributed by atoms with Crippen LogP contribution in [-0.4, -0.2) is 24.8 Å². The maximum Gasteiger partial charge on any atom is 0.330 e. The molecular formula is C21H17BrO5. The van der Waals surface area contributed by atoms with Crippen molar-refractivity contribution in [2.24, 2.45) is 10.8 Å². The molecule has 1 saturated carbocycles. The van der Waals surface area contributed by atoms with Crippen LogP contribution in [0.5, 0.6) is 5.75 Å². The Morgan fingerprint density at radius 2 is 1.89 bits per heavy atom. The van der Waals surface area contributed by atoms with Crippen LogP contribution in [0.25, 0.3) is 0 Å². The summed E-state index contributed by atoms with van der Waals surface area (Å²) in [6.07, 6.45) is 0.307. The van der Waals surface area contributed by atoms with E-state index in [4.69, 9.17) is 9.47 Å². The van der Waals surface area contributed by atoms with E-state index in [0.29, 0.717) is 23.3 Å². The Morgan fingerprint density at radius 3 is 2.52 bits per heavy atom. The van der Waals surface area contributed by atoms with Crippen LogP contribution in [0.15, 0.2) is 53.0 Å². The summed E-state index contributed by atoms with van der Waals surface area (Å²) in [5.74, 6) is -1.94. The third-order valence-electron chi connectivity index (χ3n) is 5.86. The van der Waals surface area contributed by atoms with Crippen LogP contribution < -0.4 is 4.74 Å². The highest BCUT2D eigenvalue weighted by molar-refractivity contribution is 9.10. The van der Waals surface area contributed by atoms with Crippen LogP contribution >= 0.6 is 15.9 Å². The van der Waals surface area contributed by atoms with Gasteiger partial charge >= 0.3 is 11.9 Å². The third-order valence-corrected chi connectivity index (χ3v) is 6.35. The van der Waals surface area contributed by atoms with E-state index in [1.165, 1.54) is 7.11 Å². The van der Waals surface area contributed by atoms with Gasteiger partial charge in [-0.15, -0.1) is 0 Å². The van der Waals surface area contributed by atoms with Crippen LogP contribution in [0.2, 0.25) is 0 Å². The van der Waals surface area contributed by atoms with Crippen molar-refractivity contribution in [3.63, 3.8) is 0 Å². The molecule has 0 unspecified atom stereocenters. The van der Waals surface area contributed by atoms with Gasteiger partial charge in [-0.1, -0.05) is 53.2 Å². The van der Waals surface area contributed by atoms with Gasteiger partial charge < -0.3 is 9.47 Å². The van der Waals surface area contributed by atoms with Crippen LogP contribution in [0.1, 0.15) is 35.2 Å². The molecule has 0 radical (unpaired) electrons. The topological polar surface area (TPSA) is 69.7 Å². The minimum Gasteiger partial charge on any atom is -0.468 e. The lowest BCUT2D eigenvalue weighted by atomic mass is 9.83. The largest absolute Gasteiger partial charge is 0.468 e. The number of methoxy groups -OCH3 is 1. The van der Waals surface area contributed by atoms with Crippen LogP contribution in [0.4, 0.5) is 0 Å². The van der Waals surface area contributed by atoms with E-state index in [-0.39, 0.29) is 5.78 Å². The molecule has 0 aromatic heterocycles. The lowest BCUT2D eigenvalue weighted by Crippen LogP contribution is -2.40. The van der Waals surface area contributed by atoms with Gasteiger partial charge in [0.2, 0.25) is 0 Å². The van der Waals surface area contributed by atoms with Crippen LogP contribution in [-0.2, 0) is 14.3 Å². The lowest BCUT2D eigenvalue weighted by molar-refractivity contribution is -0.160. The van der Waals surface area contributed by atoms with Crippen molar-refractivity contribution in [2.75, 3.05) is 7.11 Å². The number of hydrogen-bond donors (Lipinski definition) is 0. The summed E-state index contributed by atoms with van der Waals surface area (Å²) in [4.78, 5) is 39.5. The number of ketones is 1. The molecule has 3 atom stereocenters. The summed E-state index contributed by atoms with van der Waals surface area (Å²) < 4.78 is 11.3. The molecule has 2 aromatic carbocycles. The highest BCUT2D eigenvalue weighted by Crippen LogP contribution is 2.80. The number of carbonyl (C=O) groups excluding carboxylic acids is 3. The van der Waals surface area contributed by atoms with Crippen LogP contribution in [0.3, 0.4) is 0 Å². The second kappa shape index (κ2) is 6.02. The molecule has 6 heteroatoms. The van der Waals surface area contributed by atoms with Crippen molar-refractivity contribution in [3.8, 4) is 5.75 Å². The molecule has 5 nitrogen and oxygen atoms in total.